The maximum Gasteiger partial charge on any atom is 0.325 e. The standard InChI is InChI=1S/C23H32N4O3/c1-2-18-8-10-23(11-9-18)21(29)27(22(30)24-23)17-20(28)26-14-12-25(13-15-26)16-19-6-4-3-5-7-19/h3-7,18H,2,8-17H2,1H3,(H,24,30). The molecule has 2 heterocycles. The topological polar surface area (TPSA) is 73.0 Å². The minimum Gasteiger partial charge on any atom is -0.339 e. The lowest BCUT2D eigenvalue weighted by molar-refractivity contribution is -0.140. The lowest BCUT2D eigenvalue weighted by atomic mass is 9.75. The maximum atomic E-state index is 13.0. The van der Waals surface area contributed by atoms with Crippen LogP contribution in [0.5, 0.6) is 0 Å². The van der Waals surface area contributed by atoms with E-state index in [-0.39, 0.29) is 18.4 Å². The number of amides is 4. The Kier molecular flexibility index (Phi) is 6.09. The van der Waals surface area contributed by atoms with E-state index in [0.717, 1.165) is 43.8 Å². The number of hydrogen-bond acceptors (Lipinski definition) is 4. The number of carbonyl (C=O) groups excluding carboxylic acids is 3. The van der Waals surface area contributed by atoms with Gasteiger partial charge >= 0.3 is 6.03 Å². The molecule has 30 heavy (non-hydrogen) atoms. The highest BCUT2D eigenvalue weighted by Gasteiger charge is 2.52. The van der Waals surface area contributed by atoms with Gasteiger partial charge in [0, 0.05) is 32.7 Å². The third-order valence-corrected chi connectivity index (χ3v) is 7.05. The highest BCUT2D eigenvalue weighted by atomic mass is 16.2. The van der Waals surface area contributed by atoms with Gasteiger partial charge in [-0.05, 0) is 37.2 Å². The van der Waals surface area contributed by atoms with Crippen LogP contribution in [-0.4, -0.2) is 70.8 Å². The van der Waals surface area contributed by atoms with E-state index >= 15 is 0 Å². The van der Waals surface area contributed by atoms with Crippen LogP contribution in [0.25, 0.3) is 0 Å². The summed E-state index contributed by atoms with van der Waals surface area (Å²) in [7, 11) is 0. The molecule has 4 rings (SSSR count). The van der Waals surface area contributed by atoms with Gasteiger partial charge in [0.25, 0.3) is 5.91 Å². The molecular formula is C23H32N4O3. The van der Waals surface area contributed by atoms with E-state index < -0.39 is 11.6 Å². The first-order valence-electron chi connectivity index (χ1n) is 11.2. The van der Waals surface area contributed by atoms with Crippen LogP contribution in [0.4, 0.5) is 4.79 Å². The van der Waals surface area contributed by atoms with Crippen LogP contribution in [0.2, 0.25) is 0 Å². The molecule has 1 aliphatic carbocycles. The van der Waals surface area contributed by atoms with E-state index in [9.17, 15) is 14.4 Å². The Morgan fingerprint density at radius 3 is 2.37 bits per heavy atom. The first kappa shape index (κ1) is 20.8. The van der Waals surface area contributed by atoms with Gasteiger partial charge in [0.05, 0.1) is 0 Å². The number of hydrogen-bond donors (Lipinski definition) is 1. The highest BCUT2D eigenvalue weighted by molar-refractivity contribution is 6.09. The van der Waals surface area contributed by atoms with Crippen molar-refractivity contribution in [2.75, 3.05) is 32.7 Å². The van der Waals surface area contributed by atoms with Crippen molar-refractivity contribution in [3.8, 4) is 0 Å². The van der Waals surface area contributed by atoms with Crippen molar-refractivity contribution in [3.05, 3.63) is 35.9 Å². The molecule has 7 heteroatoms. The Morgan fingerprint density at radius 1 is 1.07 bits per heavy atom. The number of rotatable bonds is 5. The fraction of sp³-hybridized carbons (Fsp3) is 0.609. The lowest BCUT2D eigenvalue weighted by Crippen LogP contribution is -2.52. The third kappa shape index (κ3) is 4.21. The van der Waals surface area contributed by atoms with Crippen molar-refractivity contribution in [1.82, 2.24) is 20.0 Å². The molecule has 2 saturated heterocycles. The highest BCUT2D eigenvalue weighted by Crippen LogP contribution is 2.37. The Balaban J connectivity index is 1.29. The number of urea groups is 1. The summed E-state index contributed by atoms with van der Waals surface area (Å²) in [5, 5.41) is 2.91. The van der Waals surface area contributed by atoms with E-state index in [1.54, 1.807) is 4.90 Å². The van der Waals surface area contributed by atoms with Crippen molar-refractivity contribution in [2.24, 2.45) is 5.92 Å². The number of nitrogens with zero attached hydrogens (tertiary/aromatic N) is 3. The molecule has 1 spiro atoms. The second-order valence-corrected chi connectivity index (χ2v) is 8.90. The maximum absolute atomic E-state index is 13.0. The second-order valence-electron chi connectivity index (χ2n) is 8.90. The molecule has 0 aromatic heterocycles. The zero-order valence-corrected chi connectivity index (χ0v) is 17.8. The molecule has 0 unspecified atom stereocenters. The van der Waals surface area contributed by atoms with E-state index in [1.807, 2.05) is 18.2 Å². The molecule has 1 aromatic carbocycles. The number of nitrogens with one attached hydrogen (secondary N) is 1. The predicted octanol–water partition coefficient (Wildman–Crippen LogP) is 2.22. The quantitative estimate of drug-likeness (QED) is 0.753. The normalized spacial score (nSPS) is 27.6. The van der Waals surface area contributed by atoms with Gasteiger partial charge in [-0.15, -0.1) is 0 Å². The first-order valence-corrected chi connectivity index (χ1v) is 11.2. The van der Waals surface area contributed by atoms with Crippen LogP contribution in [0, 0.1) is 5.92 Å². The Morgan fingerprint density at radius 2 is 1.73 bits per heavy atom. The van der Waals surface area contributed by atoms with Crippen LogP contribution < -0.4 is 5.32 Å². The zero-order valence-electron chi connectivity index (χ0n) is 17.8. The van der Waals surface area contributed by atoms with Crippen LogP contribution in [0.3, 0.4) is 0 Å². The van der Waals surface area contributed by atoms with Crippen molar-refractivity contribution in [2.45, 2.75) is 51.1 Å². The number of imide groups is 1. The molecule has 0 radical (unpaired) electrons. The number of carbonyl (C=O) groups is 3. The van der Waals surface area contributed by atoms with Gasteiger partial charge in [-0.3, -0.25) is 19.4 Å². The average molecular weight is 413 g/mol. The van der Waals surface area contributed by atoms with Gasteiger partial charge < -0.3 is 10.2 Å². The molecule has 3 fully saturated rings. The minimum absolute atomic E-state index is 0.142. The Labute approximate surface area is 178 Å². The SMILES string of the molecule is CCC1CCC2(CC1)NC(=O)N(CC(=O)N1CCN(Cc3ccccc3)CC1)C2=O. The van der Waals surface area contributed by atoms with Crippen molar-refractivity contribution >= 4 is 17.8 Å². The van der Waals surface area contributed by atoms with Gasteiger partial charge in [0.15, 0.2) is 0 Å². The van der Waals surface area contributed by atoms with E-state index in [4.69, 9.17) is 0 Å². The fourth-order valence-corrected chi connectivity index (χ4v) is 4.97. The fourth-order valence-electron chi connectivity index (χ4n) is 4.97. The third-order valence-electron chi connectivity index (χ3n) is 7.05. The lowest BCUT2D eigenvalue weighted by Gasteiger charge is -2.36. The number of benzene rings is 1. The molecule has 1 saturated carbocycles. The molecule has 0 atom stereocenters. The molecular weight excluding hydrogens is 380 g/mol. The Hall–Kier alpha value is -2.41. The minimum atomic E-state index is -0.780. The van der Waals surface area contributed by atoms with Gasteiger partial charge in [-0.2, -0.15) is 0 Å². The van der Waals surface area contributed by atoms with Gasteiger partial charge in [-0.25, -0.2) is 4.79 Å². The van der Waals surface area contributed by atoms with Gasteiger partial charge in [0.2, 0.25) is 5.91 Å². The molecule has 7 nitrogen and oxygen atoms in total. The smallest absolute Gasteiger partial charge is 0.325 e. The summed E-state index contributed by atoms with van der Waals surface area (Å²) in [4.78, 5) is 43.6. The molecule has 1 N–H and O–H groups in total. The van der Waals surface area contributed by atoms with Crippen LogP contribution in [0.15, 0.2) is 30.3 Å². The Bertz CT molecular complexity index is 781. The summed E-state index contributed by atoms with van der Waals surface area (Å²) in [6.45, 7) is 5.73. The predicted molar refractivity (Wildman–Crippen MR) is 114 cm³/mol. The summed E-state index contributed by atoms with van der Waals surface area (Å²) in [6, 6.07) is 9.89. The summed E-state index contributed by atoms with van der Waals surface area (Å²) in [5.74, 6) is 0.276. The zero-order chi connectivity index (χ0) is 21.1. The van der Waals surface area contributed by atoms with E-state index in [0.29, 0.717) is 31.8 Å². The van der Waals surface area contributed by atoms with Crippen molar-refractivity contribution in [1.29, 1.82) is 0 Å². The van der Waals surface area contributed by atoms with Gasteiger partial charge in [0.1, 0.15) is 12.1 Å². The molecule has 162 valence electrons. The van der Waals surface area contributed by atoms with E-state index in [1.165, 1.54) is 5.56 Å². The molecule has 0 bridgehead atoms. The van der Waals surface area contributed by atoms with Crippen molar-refractivity contribution in [3.63, 3.8) is 0 Å². The van der Waals surface area contributed by atoms with Gasteiger partial charge in [-0.1, -0.05) is 43.7 Å². The second kappa shape index (κ2) is 8.76. The summed E-state index contributed by atoms with van der Waals surface area (Å²) in [5.41, 5.74) is 0.483. The summed E-state index contributed by atoms with van der Waals surface area (Å²) < 4.78 is 0. The first-order chi connectivity index (χ1) is 14.5. The molecule has 1 aromatic rings. The largest absolute Gasteiger partial charge is 0.339 e. The van der Waals surface area contributed by atoms with E-state index in [2.05, 4.69) is 29.3 Å². The summed E-state index contributed by atoms with van der Waals surface area (Å²) in [6.07, 6.45) is 4.37. The molecule has 2 aliphatic heterocycles. The average Bonchev–Trinajstić information content (AvgIpc) is 2.99. The van der Waals surface area contributed by atoms with Crippen LogP contribution in [0.1, 0.15) is 44.6 Å². The van der Waals surface area contributed by atoms with Crippen molar-refractivity contribution < 1.29 is 14.4 Å². The molecule has 4 amide bonds. The van der Waals surface area contributed by atoms with Crippen LogP contribution >= 0.6 is 0 Å². The molecule has 3 aliphatic rings. The number of piperazine rings is 1. The van der Waals surface area contributed by atoms with Crippen LogP contribution in [-0.2, 0) is 16.1 Å². The monoisotopic (exact) mass is 412 g/mol. The summed E-state index contributed by atoms with van der Waals surface area (Å²) >= 11 is 0.